The number of hydrogen-bond acceptors (Lipinski definition) is 2. The van der Waals surface area contributed by atoms with E-state index in [1.165, 1.54) is 12.1 Å². The quantitative estimate of drug-likeness (QED) is 0.608. The zero-order chi connectivity index (χ0) is 12.9. The highest BCUT2D eigenvalue weighted by Gasteiger charge is 2.30. The fourth-order valence-electron chi connectivity index (χ4n) is 1.21. The molecule has 0 fully saturated rings. The van der Waals surface area contributed by atoms with Gasteiger partial charge in [-0.2, -0.15) is 0 Å². The molecule has 0 saturated carbocycles. The molecular formula is C11H10BrF3O2. The van der Waals surface area contributed by atoms with Crippen molar-refractivity contribution >= 4 is 21.7 Å². The molecule has 0 heterocycles. The molecule has 1 aromatic carbocycles. The molecule has 94 valence electrons. The molecule has 1 aromatic rings. The lowest BCUT2D eigenvalue weighted by Crippen LogP contribution is -2.17. The summed E-state index contributed by atoms with van der Waals surface area (Å²) in [4.78, 5) is 11.5. The average molecular weight is 311 g/mol. The van der Waals surface area contributed by atoms with Crippen LogP contribution in [-0.2, 0) is 0 Å². The first-order chi connectivity index (χ1) is 7.92. The zero-order valence-electron chi connectivity index (χ0n) is 8.76. The predicted octanol–water partition coefficient (Wildman–Crippen LogP) is 3.94. The summed E-state index contributed by atoms with van der Waals surface area (Å²) < 4.78 is 39.3. The van der Waals surface area contributed by atoms with Crippen LogP contribution in [0.25, 0.3) is 0 Å². The van der Waals surface area contributed by atoms with Gasteiger partial charge >= 0.3 is 6.36 Å². The summed E-state index contributed by atoms with van der Waals surface area (Å²) in [6.07, 6.45) is -3.65. The van der Waals surface area contributed by atoms with Crippen LogP contribution in [0.5, 0.6) is 5.75 Å². The maximum Gasteiger partial charge on any atom is 0.573 e. The van der Waals surface area contributed by atoms with Crippen LogP contribution < -0.4 is 4.74 Å². The molecule has 0 aliphatic heterocycles. The van der Waals surface area contributed by atoms with Crippen molar-refractivity contribution in [3.05, 3.63) is 29.8 Å². The maximum absolute atomic E-state index is 11.9. The standard InChI is InChI=1S/C11H10BrF3O2/c12-7-1-2-10(16)8-3-5-9(6-4-8)17-11(13,14)15/h3-6H,1-2,7H2. The van der Waals surface area contributed by atoms with Gasteiger partial charge in [0, 0.05) is 17.3 Å². The Morgan fingerprint density at radius 2 is 1.82 bits per heavy atom. The Morgan fingerprint density at radius 1 is 1.24 bits per heavy atom. The summed E-state index contributed by atoms with van der Waals surface area (Å²) in [5.74, 6) is -0.419. The van der Waals surface area contributed by atoms with E-state index < -0.39 is 6.36 Å². The lowest BCUT2D eigenvalue weighted by Gasteiger charge is -2.08. The Labute approximate surface area is 105 Å². The zero-order valence-corrected chi connectivity index (χ0v) is 10.3. The van der Waals surface area contributed by atoms with Gasteiger partial charge in [0.05, 0.1) is 0 Å². The van der Waals surface area contributed by atoms with Gasteiger partial charge in [0.25, 0.3) is 0 Å². The Morgan fingerprint density at radius 3 is 2.29 bits per heavy atom. The number of benzene rings is 1. The van der Waals surface area contributed by atoms with Gasteiger partial charge in [-0.25, -0.2) is 0 Å². The smallest absolute Gasteiger partial charge is 0.406 e. The van der Waals surface area contributed by atoms with Crippen LogP contribution in [0.4, 0.5) is 13.2 Å². The average Bonchev–Trinajstić information content (AvgIpc) is 2.24. The molecule has 0 N–H and O–H groups in total. The van der Waals surface area contributed by atoms with Crippen molar-refractivity contribution < 1.29 is 22.7 Å². The fourth-order valence-corrected chi connectivity index (χ4v) is 1.49. The number of carbonyl (C=O) groups is 1. The van der Waals surface area contributed by atoms with E-state index in [0.29, 0.717) is 23.7 Å². The van der Waals surface area contributed by atoms with Gasteiger partial charge in [0.15, 0.2) is 5.78 Å². The lowest BCUT2D eigenvalue weighted by molar-refractivity contribution is -0.274. The van der Waals surface area contributed by atoms with Gasteiger partial charge in [-0.05, 0) is 30.7 Å². The fraction of sp³-hybridized carbons (Fsp3) is 0.364. The largest absolute Gasteiger partial charge is 0.573 e. The van der Waals surface area contributed by atoms with E-state index in [1.807, 2.05) is 0 Å². The first kappa shape index (κ1) is 14.0. The third kappa shape index (κ3) is 5.21. The van der Waals surface area contributed by atoms with Crippen molar-refractivity contribution in [3.8, 4) is 5.75 Å². The van der Waals surface area contributed by atoms with Crippen molar-refractivity contribution in [1.82, 2.24) is 0 Å². The second kappa shape index (κ2) is 6.05. The summed E-state index contributed by atoms with van der Waals surface area (Å²) in [5.41, 5.74) is 0.389. The van der Waals surface area contributed by atoms with Crippen LogP contribution in [0.1, 0.15) is 23.2 Å². The van der Waals surface area contributed by atoms with Crippen LogP contribution >= 0.6 is 15.9 Å². The van der Waals surface area contributed by atoms with Gasteiger partial charge in [0.1, 0.15) is 5.75 Å². The minimum Gasteiger partial charge on any atom is -0.406 e. The molecule has 2 nitrogen and oxygen atoms in total. The van der Waals surface area contributed by atoms with Crippen molar-refractivity contribution in [3.63, 3.8) is 0 Å². The molecule has 0 aliphatic carbocycles. The van der Waals surface area contributed by atoms with E-state index >= 15 is 0 Å². The van der Waals surface area contributed by atoms with Crippen LogP contribution in [0.15, 0.2) is 24.3 Å². The van der Waals surface area contributed by atoms with Crippen LogP contribution in [0.3, 0.4) is 0 Å². The molecule has 17 heavy (non-hydrogen) atoms. The van der Waals surface area contributed by atoms with Crippen molar-refractivity contribution in [1.29, 1.82) is 0 Å². The summed E-state index contributed by atoms with van der Waals surface area (Å²) in [7, 11) is 0. The number of ether oxygens (including phenoxy) is 1. The topological polar surface area (TPSA) is 26.3 Å². The molecule has 0 spiro atoms. The molecule has 0 unspecified atom stereocenters. The predicted molar refractivity (Wildman–Crippen MR) is 60.5 cm³/mol. The second-order valence-electron chi connectivity index (χ2n) is 3.29. The highest BCUT2D eigenvalue weighted by Crippen LogP contribution is 2.23. The molecule has 0 aliphatic rings. The Balaban J connectivity index is 2.64. The van der Waals surface area contributed by atoms with Crippen molar-refractivity contribution in [2.75, 3.05) is 5.33 Å². The van der Waals surface area contributed by atoms with E-state index in [9.17, 15) is 18.0 Å². The Kier molecular flexibility index (Phi) is 4.99. The van der Waals surface area contributed by atoms with Crippen LogP contribution in [0.2, 0.25) is 0 Å². The van der Waals surface area contributed by atoms with E-state index in [2.05, 4.69) is 20.7 Å². The van der Waals surface area contributed by atoms with Crippen molar-refractivity contribution in [2.24, 2.45) is 0 Å². The minimum absolute atomic E-state index is 0.0944. The van der Waals surface area contributed by atoms with Crippen LogP contribution in [-0.4, -0.2) is 17.5 Å². The first-order valence-electron chi connectivity index (χ1n) is 4.87. The molecule has 6 heteroatoms. The Bertz CT molecular complexity index is 373. The summed E-state index contributed by atoms with van der Waals surface area (Å²) in [5, 5.41) is 0.716. The number of alkyl halides is 4. The number of rotatable bonds is 5. The van der Waals surface area contributed by atoms with Crippen molar-refractivity contribution in [2.45, 2.75) is 19.2 Å². The molecular weight excluding hydrogens is 301 g/mol. The molecule has 0 radical (unpaired) electrons. The minimum atomic E-state index is -4.71. The summed E-state index contributed by atoms with van der Waals surface area (Å²) >= 11 is 3.20. The highest BCUT2D eigenvalue weighted by molar-refractivity contribution is 9.09. The molecule has 0 aromatic heterocycles. The molecule has 0 saturated heterocycles. The number of carbonyl (C=O) groups excluding carboxylic acids is 1. The lowest BCUT2D eigenvalue weighted by atomic mass is 10.1. The number of Topliss-reactive ketones (excluding diaryl/α,β-unsaturated/α-hetero) is 1. The number of halogens is 4. The highest BCUT2D eigenvalue weighted by atomic mass is 79.9. The van der Waals surface area contributed by atoms with Gasteiger partial charge in [-0.1, -0.05) is 15.9 Å². The normalized spacial score (nSPS) is 11.3. The third-order valence-corrected chi connectivity index (χ3v) is 2.51. The SMILES string of the molecule is O=C(CCCBr)c1ccc(OC(F)(F)F)cc1. The monoisotopic (exact) mass is 310 g/mol. The summed E-state index contributed by atoms with van der Waals surface area (Å²) in [6.45, 7) is 0. The van der Waals surface area contributed by atoms with Crippen LogP contribution in [0, 0.1) is 0 Å². The van der Waals surface area contributed by atoms with E-state index in [0.717, 1.165) is 12.1 Å². The van der Waals surface area contributed by atoms with Gasteiger partial charge in [0.2, 0.25) is 0 Å². The Hall–Kier alpha value is -1.04. The van der Waals surface area contributed by atoms with Gasteiger partial charge in [-0.3, -0.25) is 4.79 Å². The molecule has 0 amide bonds. The second-order valence-corrected chi connectivity index (χ2v) is 4.08. The van der Waals surface area contributed by atoms with Gasteiger partial charge in [-0.15, -0.1) is 13.2 Å². The number of ketones is 1. The summed E-state index contributed by atoms with van der Waals surface area (Å²) in [6, 6.07) is 4.93. The van der Waals surface area contributed by atoms with E-state index in [1.54, 1.807) is 0 Å². The molecule has 1 rings (SSSR count). The molecule has 0 bridgehead atoms. The van der Waals surface area contributed by atoms with Gasteiger partial charge < -0.3 is 4.74 Å². The third-order valence-electron chi connectivity index (χ3n) is 1.95. The maximum atomic E-state index is 11.9. The number of hydrogen-bond donors (Lipinski definition) is 0. The molecule has 0 atom stereocenters. The van der Waals surface area contributed by atoms with E-state index in [-0.39, 0.29) is 11.5 Å². The first-order valence-corrected chi connectivity index (χ1v) is 5.99. The van der Waals surface area contributed by atoms with E-state index in [4.69, 9.17) is 0 Å².